The maximum atomic E-state index is 11.8. The number of aliphatic hydroxyl groups excluding tert-OH is 1. The van der Waals surface area contributed by atoms with Gasteiger partial charge < -0.3 is 19.9 Å². The number of aliphatic hydroxyl groups is 1. The minimum absolute atomic E-state index is 0.0474. The molecule has 0 bridgehead atoms. The predicted octanol–water partition coefficient (Wildman–Crippen LogP) is 1.13. The van der Waals surface area contributed by atoms with E-state index >= 15 is 0 Å². The van der Waals surface area contributed by atoms with Crippen LogP contribution in [-0.2, 0) is 11.2 Å². The van der Waals surface area contributed by atoms with Crippen LogP contribution < -0.4 is 14.8 Å². The SMILES string of the molecule is CCC(CO)NC(=O)Cc1ccc(OC)c(OC)c1. The van der Waals surface area contributed by atoms with Gasteiger partial charge in [0.05, 0.1) is 33.3 Å². The van der Waals surface area contributed by atoms with Gasteiger partial charge in [-0.3, -0.25) is 4.79 Å². The van der Waals surface area contributed by atoms with E-state index in [-0.39, 0.29) is 25.0 Å². The van der Waals surface area contributed by atoms with Crippen molar-refractivity contribution in [1.82, 2.24) is 5.32 Å². The third-order valence-electron chi connectivity index (χ3n) is 2.89. The van der Waals surface area contributed by atoms with Crippen LogP contribution in [0.15, 0.2) is 18.2 Å². The number of benzene rings is 1. The van der Waals surface area contributed by atoms with Crippen LogP contribution in [0.3, 0.4) is 0 Å². The maximum Gasteiger partial charge on any atom is 0.224 e. The number of carbonyl (C=O) groups is 1. The average molecular weight is 267 g/mol. The van der Waals surface area contributed by atoms with Crippen molar-refractivity contribution in [3.63, 3.8) is 0 Å². The topological polar surface area (TPSA) is 67.8 Å². The van der Waals surface area contributed by atoms with Gasteiger partial charge in [0, 0.05) is 0 Å². The van der Waals surface area contributed by atoms with Crippen LogP contribution in [0, 0.1) is 0 Å². The van der Waals surface area contributed by atoms with Crippen LogP contribution in [0.1, 0.15) is 18.9 Å². The summed E-state index contributed by atoms with van der Waals surface area (Å²) in [6.45, 7) is 1.87. The molecule has 19 heavy (non-hydrogen) atoms. The van der Waals surface area contributed by atoms with E-state index in [0.717, 1.165) is 5.56 Å². The van der Waals surface area contributed by atoms with E-state index in [2.05, 4.69) is 5.32 Å². The van der Waals surface area contributed by atoms with E-state index in [1.165, 1.54) is 0 Å². The van der Waals surface area contributed by atoms with Crippen LogP contribution in [0.5, 0.6) is 11.5 Å². The highest BCUT2D eigenvalue weighted by molar-refractivity contribution is 5.79. The molecule has 1 aromatic carbocycles. The predicted molar refractivity (Wildman–Crippen MR) is 72.6 cm³/mol. The molecule has 0 aliphatic heterocycles. The Morgan fingerprint density at radius 1 is 1.32 bits per heavy atom. The van der Waals surface area contributed by atoms with Crippen LogP contribution in [0.4, 0.5) is 0 Å². The lowest BCUT2D eigenvalue weighted by Crippen LogP contribution is -2.37. The van der Waals surface area contributed by atoms with Gasteiger partial charge in [-0.25, -0.2) is 0 Å². The first-order valence-electron chi connectivity index (χ1n) is 6.25. The Balaban J connectivity index is 2.69. The second-order valence-corrected chi connectivity index (χ2v) is 4.22. The van der Waals surface area contributed by atoms with E-state index in [9.17, 15) is 4.79 Å². The molecule has 0 saturated heterocycles. The summed E-state index contributed by atoms with van der Waals surface area (Å²) in [4.78, 5) is 11.8. The molecule has 1 atom stereocenters. The van der Waals surface area contributed by atoms with Crippen molar-refractivity contribution in [2.75, 3.05) is 20.8 Å². The number of methoxy groups -OCH3 is 2. The highest BCUT2D eigenvalue weighted by atomic mass is 16.5. The number of amides is 1. The van der Waals surface area contributed by atoms with Crippen molar-refractivity contribution in [3.8, 4) is 11.5 Å². The summed E-state index contributed by atoms with van der Waals surface area (Å²) in [6, 6.07) is 5.18. The number of ether oxygens (including phenoxy) is 2. The van der Waals surface area contributed by atoms with E-state index in [4.69, 9.17) is 14.6 Å². The molecule has 1 aromatic rings. The Kier molecular flexibility index (Phi) is 6.15. The monoisotopic (exact) mass is 267 g/mol. The molecule has 0 aromatic heterocycles. The first kappa shape index (κ1) is 15.3. The summed E-state index contributed by atoms with van der Waals surface area (Å²) in [6.07, 6.45) is 0.949. The summed E-state index contributed by atoms with van der Waals surface area (Å²) in [5.41, 5.74) is 0.836. The summed E-state index contributed by atoms with van der Waals surface area (Å²) in [5, 5.41) is 11.8. The fraction of sp³-hybridized carbons (Fsp3) is 0.500. The van der Waals surface area contributed by atoms with E-state index in [0.29, 0.717) is 17.9 Å². The number of rotatable bonds is 7. The minimum Gasteiger partial charge on any atom is -0.493 e. The smallest absolute Gasteiger partial charge is 0.224 e. The molecule has 0 fully saturated rings. The molecule has 0 heterocycles. The van der Waals surface area contributed by atoms with E-state index in [1.54, 1.807) is 26.4 Å². The molecular formula is C14H21NO4. The Labute approximate surface area is 113 Å². The number of carbonyl (C=O) groups excluding carboxylic acids is 1. The van der Waals surface area contributed by atoms with Crippen molar-refractivity contribution in [2.45, 2.75) is 25.8 Å². The molecule has 1 amide bonds. The lowest BCUT2D eigenvalue weighted by Gasteiger charge is -2.14. The molecule has 1 unspecified atom stereocenters. The van der Waals surface area contributed by atoms with E-state index < -0.39 is 0 Å². The van der Waals surface area contributed by atoms with Crippen molar-refractivity contribution >= 4 is 5.91 Å². The standard InChI is InChI=1S/C14H21NO4/c1-4-11(9-16)15-14(17)8-10-5-6-12(18-2)13(7-10)19-3/h5-7,11,16H,4,8-9H2,1-3H3,(H,15,17). The number of nitrogens with one attached hydrogen (secondary N) is 1. The fourth-order valence-electron chi connectivity index (χ4n) is 1.73. The van der Waals surface area contributed by atoms with Crippen LogP contribution in [0.25, 0.3) is 0 Å². The van der Waals surface area contributed by atoms with Crippen molar-refractivity contribution < 1.29 is 19.4 Å². The zero-order chi connectivity index (χ0) is 14.3. The van der Waals surface area contributed by atoms with Gasteiger partial charge in [-0.05, 0) is 24.1 Å². The van der Waals surface area contributed by atoms with Gasteiger partial charge in [0.1, 0.15) is 0 Å². The molecular weight excluding hydrogens is 246 g/mol. The van der Waals surface area contributed by atoms with Gasteiger partial charge in [-0.15, -0.1) is 0 Å². The second-order valence-electron chi connectivity index (χ2n) is 4.22. The van der Waals surface area contributed by atoms with Gasteiger partial charge in [0.25, 0.3) is 0 Å². The molecule has 5 nitrogen and oxygen atoms in total. The minimum atomic E-state index is -0.187. The normalized spacial score (nSPS) is 11.8. The summed E-state index contributed by atoms with van der Waals surface area (Å²) in [5.74, 6) is 1.11. The molecule has 0 aliphatic carbocycles. The van der Waals surface area contributed by atoms with Crippen molar-refractivity contribution in [2.24, 2.45) is 0 Å². The lowest BCUT2D eigenvalue weighted by molar-refractivity contribution is -0.121. The first-order chi connectivity index (χ1) is 9.14. The van der Waals surface area contributed by atoms with E-state index in [1.807, 2.05) is 13.0 Å². The largest absolute Gasteiger partial charge is 0.493 e. The molecule has 106 valence electrons. The Bertz CT molecular complexity index is 416. The fourth-order valence-corrected chi connectivity index (χ4v) is 1.73. The van der Waals surface area contributed by atoms with Gasteiger partial charge in [0.2, 0.25) is 5.91 Å². The Morgan fingerprint density at radius 3 is 2.53 bits per heavy atom. The molecule has 0 saturated carbocycles. The summed E-state index contributed by atoms with van der Waals surface area (Å²) in [7, 11) is 3.12. The zero-order valence-corrected chi connectivity index (χ0v) is 11.6. The van der Waals surface area contributed by atoms with Gasteiger partial charge in [-0.1, -0.05) is 13.0 Å². The van der Waals surface area contributed by atoms with Crippen molar-refractivity contribution in [1.29, 1.82) is 0 Å². The molecule has 0 radical (unpaired) electrons. The van der Waals surface area contributed by atoms with Crippen molar-refractivity contribution in [3.05, 3.63) is 23.8 Å². The van der Waals surface area contributed by atoms with Gasteiger partial charge in [0.15, 0.2) is 11.5 Å². The second kappa shape index (κ2) is 7.63. The first-order valence-corrected chi connectivity index (χ1v) is 6.25. The number of hydrogen-bond acceptors (Lipinski definition) is 4. The van der Waals surface area contributed by atoms with Crippen LogP contribution >= 0.6 is 0 Å². The highest BCUT2D eigenvalue weighted by Gasteiger charge is 2.11. The highest BCUT2D eigenvalue weighted by Crippen LogP contribution is 2.27. The quantitative estimate of drug-likeness (QED) is 0.777. The Morgan fingerprint density at radius 2 is 2.00 bits per heavy atom. The summed E-state index contributed by atoms with van der Waals surface area (Å²) < 4.78 is 10.3. The molecule has 2 N–H and O–H groups in total. The lowest BCUT2D eigenvalue weighted by atomic mass is 10.1. The third-order valence-corrected chi connectivity index (χ3v) is 2.89. The molecule has 1 rings (SSSR count). The summed E-state index contributed by atoms with van der Waals surface area (Å²) >= 11 is 0. The van der Waals surface area contributed by atoms with Crippen LogP contribution in [-0.4, -0.2) is 37.9 Å². The third kappa shape index (κ3) is 4.44. The zero-order valence-electron chi connectivity index (χ0n) is 11.6. The number of hydrogen-bond donors (Lipinski definition) is 2. The molecule has 0 spiro atoms. The van der Waals surface area contributed by atoms with Gasteiger partial charge >= 0.3 is 0 Å². The Hall–Kier alpha value is -1.75. The average Bonchev–Trinajstić information content (AvgIpc) is 2.44. The van der Waals surface area contributed by atoms with Crippen LogP contribution in [0.2, 0.25) is 0 Å². The molecule has 0 aliphatic rings. The molecule has 5 heteroatoms. The van der Waals surface area contributed by atoms with Gasteiger partial charge in [-0.2, -0.15) is 0 Å². The maximum absolute atomic E-state index is 11.8.